The van der Waals surface area contributed by atoms with Gasteiger partial charge in [-0.05, 0) is 23.8 Å². The lowest BCUT2D eigenvalue weighted by molar-refractivity contribution is -0.277. The second-order valence-electron chi connectivity index (χ2n) is 3.17. The Hall–Kier alpha value is -0.490. The predicted octanol–water partition coefficient (Wildman–Crippen LogP) is 2.74. The minimum Gasteiger partial charge on any atom is -0.393 e. The molecule has 0 aliphatic rings. The highest BCUT2D eigenvalue weighted by molar-refractivity contribution is 6.34. The molecule has 0 aliphatic heterocycles. The van der Waals surface area contributed by atoms with Gasteiger partial charge in [-0.25, -0.2) is 0 Å². The topological polar surface area (TPSA) is 40.5 Å². The zero-order chi connectivity index (χ0) is 12.6. The first-order valence-corrected chi connectivity index (χ1v) is 4.83. The number of aliphatic hydroxyl groups excluding tert-OH is 1. The number of rotatable bonds is 2. The summed E-state index contributed by atoms with van der Waals surface area (Å²) in [6.07, 6.45) is -5.02. The van der Waals surface area contributed by atoms with Crippen molar-refractivity contribution in [2.24, 2.45) is 0 Å². The van der Waals surface area contributed by atoms with E-state index < -0.39 is 23.9 Å². The zero-order valence-electron chi connectivity index (χ0n) is 7.72. The molecule has 1 aromatic rings. The van der Waals surface area contributed by atoms with Crippen molar-refractivity contribution in [3.05, 3.63) is 33.8 Å². The monoisotopic (exact) mass is 274 g/mol. The lowest BCUT2D eigenvalue weighted by Gasteiger charge is -2.29. The summed E-state index contributed by atoms with van der Waals surface area (Å²) in [6, 6.07) is 3.02. The molecule has 0 saturated carbocycles. The van der Waals surface area contributed by atoms with Gasteiger partial charge in [0.2, 0.25) is 5.60 Å². The summed E-state index contributed by atoms with van der Waals surface area (Å²) in [5, 5.41) is 18.0. The summed E-state index contributed by atoms with van der Waals surface area (Å²) in [6.45, 7) is -1.51. The van der Waals surface area contributed by atoms with Crippen molar-refractivity contribution in [3.8, 4) is 0 Å². The van der Waals surface area contributed by atoms with Gasteiger partial charge in [0.25, 0.3) is 0 Å². The van der Waals surface area contributed by atoms with Crippen LogP contribution in [0.5, 0.6) is 0 Å². The Morgan fingerprint density at radius 3 is 1.81 bits per heavy atom. The number of aliphatic hydroxyl groups is 2. The molecule has 2 N–H and O–H groups in total. The van der Waals surface area contributed by atoms with E-state index in [1.54, 1.807) is 0 Å². The first-order valence-electron chi connectivity index (χ1n) is 4.07. The third-order valence-corrected chi connectivity index (χ3v) is 2.47. The molecule has 0 bridgehead atoms. The van der Waals surface area contributed by atoms with Crippen LogP contribution in [0.25, 0.3) is 0 Å². The molecule has 1 unspecified atom stereocenters. The Labute approximate surface area is 99.2 Å². The smallest absolute Gasteiger partial charge is 0.393 e. The predicted molar refractivity (Wildman–Crippen MR) is 53.5 cm³/mol. The van der Waals surface area contributed by atoms with Crippen LogP contribution in [0.3, 0.4) is 0 Å². The van der Waals surface area contributed by atoms with Gasteiger partial charge in [0, 0.05) is 10.0 Å². The van der Waals surface area contributed by atoms with Gasteiger partial charge in [-0.15, -0.1) is 0 Å². The molecule has 16 heavy (non-hydrogen) atoms. The summed E-state index contributed by atoms with van der Waals surface area (Å²) in [4.78, 5) is 0. The molecule has 2 nitrogen and oxygen atoms in total. The molecule has 7 heteroatoms. The van der Waals surface area contributed by atoms with Crippen molar-refractivity contribution in [3.63, 3.8) is 0 Å². The van der Waals surface area contributed by atoms with E-state index in [-0.39, 0.29) is 10.0 Å². The summed E-state index contributed by atoms with van der Waals surface area (Å²) >= 11 is 11.0. The number of benzene rings is 1. The van der Waals surface area contributed by atoms with E-state index in [4.69, 9.17) is 28.3 Å². The number of hydrogen-bond donors (Lipinski definition) is 2. The zero-order valence-corrected chi connectivity index (χ0v) is 9.24. The van der Waals surface area contributed by atoms with Gasteiger partial charge in [-0.1, -0.05) is 23.2 Å². The van der Waals surface area contributed by atoms with E-state index in [2.05, 4.69) is 0 Å². The molecule has 0 fully saturated rings. The van der Waals surface area contributed by atoms with Crippen molar-refractivity contribution < 1.29 is 23.4 Å². The van der Waals surface area contributed by atoms with Crippen LogP contribution in [-0.2, 0) is 5.60 Å². The maximum absolute atomic E-state index is 12.6. The van der Waals surface area contributed by atoms with Gasteiger partial charge in [0.1, 0.15) is 0 Å². The maximum Gasteiger partial charge on any atom is 0.423 e. The molecule has 0 spiro atoms. The molecule has 1 rings (SSSR count). The van der Waals surface area contributed by atoms with E-state index in [0.717, 1.165) is 12.1 Å². The fraction of sp³-hybridized carbons (Fsp3) is 0.333. The van der Waals surface area contributed by atoms with Crippen LogP contribution in [0, 0.1) is 0 Å². The lowest BCUT2D eigenvalue weighted by Crippen LogP contribution is -2.45. The minimum atomic E-state index is -5.02. The van der Waals surface area contributed by atoms with E-state index in [9.17, 15) is 18.3 Å². The van der Waals surface area contributed by atoms with Crippen molar-refractivity contribution >= 4 is 23.2 Å². The molecule has 0 radical (unpaired) electrons. The van der Waals surface area contributed by atoms with Crippen LogP contribution in [0.1, 0.15) is 5.56 Å². The maximum atomic E-state index is 12.6. The minimum absolute atomic E-state index is 0.0568. The van der Waals surface area contributed by atoms with E-state index in [1.807, 2.05) is 0 Å². The van der Waals surface area contributed by atoms with Crippen LogP contribution < -0.4 is 0 Å². The second-order valence-corrected chi connectivity index (χ2v) is 4.05. The molecule has 0 heterocycles. The van der Waals surface area contributed by atoms with Gasteiger partial charge in [0.05, 0.1) is 6.61 Å². The SMILES string of the molecule is OCC(O)(c1cc(Cl)cc(Cl)c1)C(F)(F)F. The van der Waals surface area contributed by atoms with Gasteiger partial charge < -0.3 is 10.2 Å². The molecular formula is C9H7Cl2F3O2. The Kier molecular flexibility index (Phi) is 3.74. The van der Waals surface area contributed by atoms with E-state index in [0.29, 0.717) is 0 Å². The highest BCUT2D eigenvalue weighted by atomic mass is 35.5. The average molecular weight is 275 g/mol. The summed E-state index contributed by atoms with van der Waals surface area (Å²) in [5.74, 6) is 0. The first-order chi connectivity index (χ1) is 7.20. The third-order valence-electron chi connectivity index (χ3n) is 2.04. The summed E-state index contributed by atoms with van der Waals surface area (Å²) in [7, 11) is 0. The van der Waals surface area contributed by atoms with Gasteiger partial charge >= 0.3 is 6.18 Å². The van der Waals surface area contributed by atoms with Crippen LogP contribution in [0.15, 0.2) is 18.2 Å². The molecular weight excluding hydrogens is 268 g/mol. The Bertz CT molecular complexity index is 375. The number of halogens is 5. The van der Waals surface area contributed by atoms with Crippen molar-refractivity contribution in [2.45, 2.75) is 11.8 Å². The summed E-state index contributed by atoms with van der Waals surface area (Å²) < 4.78 is 37.7. The van der Waals surface area contributed by atoms with Crippen molar-refractivity contribution in [2.75, 3.05) is 6.61 Å². The Morgan fingerprint density at radius 1 is 1.06 bits per heavy atom. The quantitative estimate of drug-likeness (QED) is 0.871. The fourth-order valence-corrected chi connectivity index (χ4v) is 1.66. The first kappa shape index (κ1) is 13.6. The Morgan fingerprint density at radius 2 is 1.50 bits per heavy atom. The number of alkyl halides is 3. The summed E-state index contributed by atoms with van der Waals surface area (Å²) in [5.41, 5.74) is -3.96. The van der Waals surface area contributed by atoms with Gasteiger partial charge in [-0.2, -0.15) is 13.2 Å². The Balaban J connectivity index is 3.34. The standard InChI is InChI=1S/C9H7Cl2F3O2/c10-6-1-5(2-7(11)3-6)8(16,4-15)9(12,13)14/h1-3,15-16H,4H2. The highest BCUT2D eigenvalue weighted by Crippen LogP contribution is 2.40. The highest BCUT2D eigenvalue weighted by Gasteiger charge is 2.54. The lowest BCUT2D eigenvalue weighted by atomic mass is 9.94. The fourth-order valence-electron chi connectivity index (χ4n) is 1.14. The number of hydrogen-bond acceptors (Lipinski definition) is 2. The van der Waals surface area contributed by atoms with Crippen LogP contribution >= 0.6 is 23.2 Å². The van der Waals surface area contributed by atoms with Crippen molar-refractivity contribution in [1.29, 1.82) is 0 Å². The molecule has 1 atom stereocenters. The molecule has 0 amide bonds. The normalized spacial score (nSPS) is 15.9. The van der Waals surface area contributed by atoms with Crippen LogP contribution in [-0.4, -0.2) is 23.0 Å². The largest absolute Gasteiger partial charge is 0.423 e. The molecule has 0 saturated heterocycles. The van der Waals surface area contributed by atoms with Crippen LogP contribution in [0.2, 0.25) is 10.0 Å². The second kappa shape index (κ2) is 4.41. The molecule has 90 valence electrons. The van der Waals surface area contributed by atoms with E-state index >= 15 is 0 Å². The van der Waals surface area contributed by atoms with Crippen molar-refractivity contribution in [1.82, 2.24) is 0 Å². The molecule has 1 aromatic carbocycles. The average Bonchev–Trinajstić information content (AvgIpc) is 2.13. The molecule has 0 aromatic heterocycles. The van der Waals surface area contributed by atoms with E-state index in [1.165, 1.54) is 6.07 Å². The van der Waals surface area contributed by atoms with Gasteiger partial charge in [-0.3, -0.25) is 0 Å². The third kappa shape index (κ3) is 2.43. The van der Waals surface area contributed by atoms with Gasteiger partial charge in [0.15, 0.2) is 0 Å². The molecule has 0 aliphatic carbocycles. The van der Waals surface area contributed by atoms with Crippen LogP contribution in [0.4, 0.5) is 13.2 Å².